The Morgan fingerprint density at radius 1 is 1.40 bits per heavy atom. The van der Waals surface area contributed by atoms with E-state index >= 15 is 0 Å². The lowest BCUT2D eigenvalue weighted by Gasteiger charge is -2.32. The Morgan fingerprint density at radius 3 is 2.80 bits per heavy atom. The smallest absolute Gasteiger partial charge is 0.137 e. The standard InChI is InChI=1S/C11H15NO3/c1-14-10-6-9(7-12-8-10)11(13)2-4-15-5-3-11/h6-8,13H,2-5H2,1H3. The van der Waals surface area contributed by atoms with E-state index in [9.17, 15) is 5.11 Å². The van der Waals surface area contributed by atoms with Gasteiger partial charge in [-0.3, -0.25) is 4.98 Å². The largest absolute Gasteiger partial charge is 0.495 e. The van der Waals surface area contributed by atoms with Crippen LogP contribution in [0.1, 0.15) is 18.4 Å². The van der Waals surface area contributed by atoms with Gasteiger partial charge in [0.05, 0.1) is 18.9 Å². The maximum atomic E-state index is 10.4. The van der Waals surface area contributed by atoms with Gasteiger partial charge in [-0.1, -0.05) is 0 Å². The average molecular weight is 209 g/mol. The predicted octanol–water partition coefficient (Wildman–Crippen LogP) is 1.09. The fourth-order valence-corrected chi connectivity index (χ4v) is 1.78. The third-order valence-electron chi connectivity index (χ3n) is 2.81. The molecule has 0 aromatic carbocycles. The molecule has 0 saturated carbocycles. The summed E-state index contributed by atoms with van der Waals surface area (Å²) in [6, 6.07) is 1.83. The molecule has 82 valence electrons. The third-order valence-corrected chi connectivity index (χ3v) is 2.81. The van der Waals surface area contributed by atoms with E-state index in [0.29, 0.717) is 31.8 Å². The number of pyridine rings is 1. The summed E-state index contributed by atoms with van der Waals surface area (Å²) in [4.78, 5) is 4.05. The number of aromatic nitrogens is 1. The lowest BCUT2D eigenvalue weighted by molar-refractivity contribution is -0.0681. The number of hydrogen-bond acceptors (Lipinski definition) is 4. The van der Waals surface area contributed by atoms with Gasteiger partial charge < -0.3 is 14.6 Å². The number of ether oxygens (including phenoxy) is 2. The van der Waals surface area contributed by atoms with E-state index < -0.39 is 5.60 Å². The van der Waals surface area contributed by atoms with Crippen molar-refractivity contribution in [2.24, 2.45) is 0 Å². The molecule has 15 heavy (non-hydrogen) atoms. The van der Waals surface area contributed by atoms with E-state index in [4.69, 9.17) is 9.47 Å². The Hall–Kier alpha value is -1.13. The fourth-order valence-electron chi connectivity index (χ4n) is 1.78. The van der Waals surface area contributed by atoms with Crippen molar-refractivity contribution in [1.29, 1.82) is 0 Å². The minimum Gasteiger partial charge on any atom is -0.495 e. The van der Waals surface area contributed by atoms with Crippen LogP contribution in [0.3, 0.4) is 0 Å². The minimum absolute atomic E-state index is 0.591. The van der Waals surface area contributed by atoms with E-state index in [1.54, 1.807) is 19.5 Å². The SMILES string of the molecule is COc1cncc(C2(O)CCOCC2)c1. The summed E-state index contributed by atoms with van der Waals surface area (Å²) < 4.78 is 10.3. The first-order valence-corrected chi connectivity index (χ1v) is 5.04. The number of hydrogen-bond donors (Lipinski definition) is 1. The summed E-state index contributed by atoms with van der Waals surface area (Å²) in [7, 11) is 1.59. The van der Waals surface area contributed by atoms with Gasteiger partial charge in [-0.2, -0.15) is 0 Å². The number of nitrogens with zero attached hydrogens (tertiary/aromatic N) is 1. The van der Waals surface area contributed by atoms with Crippen LogP contribution in [0.25, 0.3) is 0 Å². The maximum Gasteiger partial charge on any atom is 0.137 e. The first-order chi connectivity index (χ1) is 7.24. The molecule has 0 spiro atoms. The Bertz CT molecular complexity index is 334. The fraction of sp³-hybridized carbons (Fsp3) is 0.545. The molecule has 1 aromatic heterocycles. The molecule has 1 fully saturated rings. The molecule has 0 aliphatic carbocycles. The minimum atomic E-state index is -0.806. The van der Waals surface area contributed by atoms with Crippen LogP contribution in [0.2, 0.25) is 0 Å². The first-order valence-electron chi connectivity index (χ1n) is 5.04. The zero-order valence-corrected chi connectivity index (χ0v) is 8.77. The molecule has 0 bridgehead atoms. The molecule has 2 rings (SSSR count). The van der Waals surface area contributed by atoms with Gasteiger partial charge >= 0.3 is 0 Å². The van der Waals surface area contributed by atoms with E-state index in [1.165, 1.54) is 0 Å². The lowest BCUT2D eigenvalue weighted by Crippen LogP contribution is -2.33. The van der Waals surface area contributed by atoms with Crippen LogP contribution >= 0.6 is 0 Å². The Balaban J connectivity index is 2.26. The molecule has 1 N–H and O–H groups in total. The first kappa shape index (κ1) is 10.4. The molecule has 0 atom stereocenters. The summed E-state index contributed by atoms with van der Waals surface area (Å²) >= 11 is 0. The van der Waals surface area contributed by atoms with Crippen molar-refractivity contribution in [3.63, 3.8) is 0 Å². The molecule has 4 nitrogen and oxygen atoms in total. The highest BCUT2D eigenvalue weighted by atomic mass is 16.5. The summed E-state index contributed by atoms with van der Waals surface area (Å²) in [6.45, 7) is 1.18. The van der Waals surface area contributed by atoms with Gasteiger partial charge in [-0.25, -0.2) is 0 Å². The summed E-state index contributed by atoms with van der Waals surface area (Å²) in [5, 5.41) is 10.4. The molecule has 1 aliphatic rings. The van der Waals surface area contributed by atoms with Crippen molar-refractivity contribution in [3.8, 4) is 5.75 Å². The second kappa shape index (κ2) is 4.16. The van der Waals surface area contributed by atoms with Crippen molar-refractivity contribution in [1.82, 2.24) is 4.98 Å². The van der Waals surface area contributed by atoms with E-state index in [2.05, 4.69) is 4.98 Å². The van der Waals surface area contributed by atoms with Crippen molar-refractivity contribution in [3.05, 3.63) is 24.0 Å². The van der Waals surface area contributed by atoms with Crippen LogP contribution in [-0.2, 0) is 10.3 Å². The van der Waals surface area contributed by atoms with Gasteiger partial charge in [0.15, 0.2) is 0 Å². The lowest BCUT2D eigenvalue weighted by atomic mass is 9.87. The van der Waals surface area contributed by atoms with Gasteiger partial charge in [0.2, 0.25) is 0 Å². The van der Waals surface area contributed by atoms with Crippen LogP contribution in [0.4, 0.5) is 0 Å². The van der Waals surface area contributed by atoms with Crippen molar-refractivity contribution >= 4 is 0 Å². The molecular formula is C11H15NO3. The monoisotopic (exact) mass is 209 g/mol. The molecular weight excluding hydrogens is 194 g/mol. The Kier molecular flexibility index (Phi) is 2.88. The van der Waals surface area contributed by atoms with Crippen molar-refractivity contribution < 1.29 is 14.6 Å². The second-order valence-electron chi connectivity index (χ2n) is 3.76. The van der Waals surface area contributed by atoms with Crippen molar-refractivity contribution in [2.75, 3.05) is 20.3 Å². The molecule has 0 amide bonds. The maximum absolute atomic E-state index is 10.4. The highest BCUT2D eigenvalue weighted by molar-refractivity contribution is 5.28. The zero-order chi connectivity index (χ0) is 10.7. The number of rotatable bonds is 2. The quantitative estimate of drug-likeness (QED) is 0.792. The van der Waals surface area contributed by atoms with E-state index in [0.717, 1.165) is 5.56 Å². The van der Waals surface area contributed by atoms with E-state index in [1.807, 2.05) is 6.07 Å². The van der Waals surface area contributed by atoms with Crippen LogP contribution in [0.5, 0.6) is 5.75 Å². The Morgan fingerprint density at radius 2 is 2.13 bits per heavy atom. The number of methoxy groups -OCH3 is 1. The van der Waals surface area contributed by atoms with Crippen LogP contribution in [0.15, 0.2) is 18.5 Å². The van der Waals surface area contributed by atoms with Gasteiger partial charge in [0.1, 0.15) is 5.75 Å². The highest BCUT2D eigenvalue weighted by Gasteiger charge is 2.32. The van der Waals surface area contributed by atoms with E-state index in [-0.39, 0.29) is 0 Å². The second-order valence-corrected chi connectivity index (χ2v) is 3.76. The summed E-state index contributed by atoms with van der Waals surface area (Å²) in [6.07, 6.45) is 4.55. The van der Waals surface area contributed by atoms with Crippen molar-refractivity contribution in [2.45, 2.75) is 18.4 Å². The molecule has 0 radical (unpaired) electrons. The molecule has 2 heterocycles. The molecule has 1 saturated heterocycles. The zero-order valence-electron chi connectivity index (χ0n) is 8.77. The van der Waals surface area contributed by atoms with Crippen LogP contribution in [-0.4, -0.2) is 30.4 Å². The van der Waals surface area contributed by atoms with Gasteiger partial charge in [0, 0.05) is 37.8 Å². The van der Waals surface area contributed by atoms with Gasteiger partial charge in [-0.15, -0.1) is 0 Å². The normalized spacial score (nSPS) is 19.9. The summed E-state index contributed by atoms with van der Waals surface area (Å²) in [5.41, 5.74) is 0.00456. The highest BCUT2D eigenvalue weighted by Crippen LogP contribution is 2.32. The Labute approximate surface area is 88.9 Å². The third kappa shape index (κ3) is 2.11. The van der Waals surface area contributed by atoms with Crippen LogP contribution < -0.4 is 4.74 Å². The molecule has 4 heteroatoms. The van der Waals surface area contributed by atoms with Gasteiger partial charge in [0.25, 0.3) is 0 Å². The molecule has 1 aliphatic heterocycles. The topological polar surface area (TPSA) is 51.6 Å². The molecule has 0 unspecified atom stereocenters. The van der Waals surface area contributed by atoms with Gasteiger partial charge in [-0.05, 0) is 6.07 Å². The average Bonchev–Trinajstić information content (AvgIpc) is 2.30. The van der Waals surface area contributed by atoms with Crippen LogP contribution in [0, 0.1) is 0 Å². The summed E-state index contributed by atoms with van der Waals surface area (Å²) in [5.74, 6) is 0.674. The number of aliphatic hydroxyl groups is 1. The predicted molar refractivity (Wildman–Crippen MR) is 54.7 cm³/mol. The molecule has 1 aromatic rings.